The molecule has 1 unspecified atom stereocenters. The predicted molar refractivity (Wildman–Crippen MR) is 95.8 cm³/mol. The Labute approximate surface area is 124 Å². The molecular formula is C19H40. The fraction of sp³-hybridized carbons (Fsp3) is 0.684. The van der Waals surface area contributed by atoms with Crippen LogP contribution < -0.4 is 0 Å². The molecule has 116 valence electrons. The summed E-state index contributed by atoms with van der Waals surface area (Å²) in [6.45, 7) is 21.6. The van der Waals surface area contributed by atoms with E-state index in [1.807, 2.05) is 26.8 Å². The van der Waals surface area contributed by atoms with Gasteiger partial charge >= 0.3 is 0 Å². The largest absolute Gasteiger partial charge is 0.103 e. The monoisotopic (exact) mass is 268 g/mol. The molecule has 0 saturated carbocycles. The van der Waals surface area contributed by atoms with Crippen molar-refractivity contribution in [2.75, 3.05) is 0 Å². The van der Waals surface area contributed by atoms with E-state index in [1.165, 1.54) is 32.1 Å². The number of hydrogen-bond acceptors (Lipinski definition) is 0. The van der Waals surface area contributed by atoms with E-state index >= 15 is 0 Å². The van der Waals surface area contributed by atoms with Crippen molar-refractivity contribution in [3.8, 4) is 0 Å². The van der Waals surface area contributed by atoms with E-state index in [0.29, 0.717) is 0 Å². The maximum absolute atomic E-state index is 3.63. The van der Waals surface area contributed by atoms with Crippen molar-refractivity contribution in [2.45, 2.75) is 80.6 Å². The first kappa shape index (κ1) is 26.7. The Bertz CT molecular complexity index is 153. The van der Waals surface area contributed by atoms with Gasteiger partial charge in [0, 0.05) is 0 Å². The fourth-order valence-corrected chi connectivity index (χ4v) is 1.00. The van der Waals surface area contributed by atoms with E-state index in [4.69, 9.17) is 0 Å². The smallest absolute Gasteiger partial charge is 0.0265 e. The van der Waals surface area contributed by atoms with E-state index in [1.54, 1.807) is 6.08 Å². The number of unbranched alkanes of at least 4 members (excludes halogenated alkanes) is 3. The Morgan fingerprint density at radius 2 is 1.47 bits per heavy atom. The van der Waals surface area contributed by atoms with Crippen LogP contribution in [0.1, 0.15) is 80.6 Å². The molecule has 0 rings (SSSR count). The maximum atomic E-state index is 3.63. The lowest BCUT2D eigenvalue weighted by atomic mass is 10.1. The van der Waals surface area contributed by atoms with Gasteiger partial charge in [0.15, 0.2) is 0 Å². The fourth-order valence-electron chi connectivity index (χ4n) is 1.00. The van der Waals surface area contributed by atoms with Crippen LogP contribution in [0.4, 0.5) is 0 Å². The second-order valence-electron chi connectivity index (χ2n) is 4.10. The minimum absolute atomic E-state index is 0.769. The minimum Gasteiger partial charge on any atom is -0.103 e. The molecule has 19 heavy (non-hydrogen) atoms. The highest BCUT2D eigenvalue weighted by atomic mass is 13.9. The standard InChI is InChI=1S/2C7H14.C3H6.C2H6/c1-4-6-7(3)5-2;1-3-5-7-6-4-2;1-3-2;1-2/h4,6-7H,5H2,1-3H3;3H,1,4-7H2,2H3;3H,1H2,2H3;1-2H3/b6-4-;;;. The van der Waals surface area contributed by atoms with Crippen molar-refractivity contribution in [1.29, 1.82) is 0 Å². The molecule has 0 aromatic heterocycles. The maximum Gasteiger partial charge on any atom is -0.0265 e. The highest BCUT2D eigenvalue weighted by Crippen LogP contribution is 2.00. The molecule has 0 aliphatic rings. The van der Waals surface area contributed by atoms with Crippen LogP contribution in [-0.4, -0.2) is 0 Å². The van der Waals surface area contributed by atoms with Gasteiger partial charge in [-0.15, -0.1) is 13.2 Å². The second kappa shape index (κ2) is 36.0. The van der Waals surface area contributed by atoms with Crippen LogP contribution in [0.3, 0.4) is 0 Å². The molecule has 0 amide bonds. The Balaban J connectivity index is -0.0000000888. The normalized spacial score (nSPS) is 9.84. The van der Waals surface area contributed by atoms with E-state index in [0.717, 1.165) is 5.92 Å². The Kier molecular flexibility index (Phi) is 50.6. The first-order chi connectivity index (χ1) is 9.14. The van der Waals surface area contributed by atoms with Crippen molar-refractivity contribution in [3.63, 3.8) is 0 Å². The molecule has 0 saturated heterocycles. The zero-order valence-corrected chi connectivity index (χ0v) is 14.8. The van der Waals surface area contributed by atoms with Crippen molar-refractivity contribution in [2.24, 2.45) is 5.92 Å². The predicted octanol–water partition coefficient (Wildman–Crippen LogP) is 7.58. The zero-order chi connectivity index (χ0) is 15.9. The summed E-state index contributed by atoms with van der Waals surface area (Å²) in [5.74, 6) is 0.769. The van der Waals surface area contributed by atoms with Gasteiger partial charge in [0.1, 0.15) is 0 Å². The van der Waals surface area contributed by atoms with E-state index < -0.39 is 0 Å². The molecule has 0 radical (unpaired) electrons. The molecule has 0 aromatic rings. The van der Waals surface area contributed by atoms with Gasteiger partial charge in [0.05, 0.1) is 0 Å². The van der Waals surface area contributed by atoms with Crippen molar-refractivity contribution in [3.05, 3.63) is 37.5 Å². The average molecular weight is 269 g/mol. The number of allylic oxidation sites excluding steroid dienone is 4. The van der Waals surface area contributed by atoms with Crippen LogP contribution in [0.25, 0.3) is 0 Å². The lowest BCUT2D eigenvalue weighted by molar-refractivity contribution is 0.697. The second-order valence-corrected chi connectivity index (χ2v) is 4.10. The highest BCUT2D eigenvalue weighted by molar-refractivity contribution is 4.81. The van der Waals surface area contributed by atoms with Crippen LogP contribution in [0.2, 0.25) is 0 Å². The van der Waals surface area contributed by atoms with Crippen LogP contribution in [0.15, 0.2) is 37.5 Å². The topological polar surface area (TPSA) is 0 Å². The molecule has 0 fully saturated rings. The van der Waals surface area contributed by atoms with Crippen molar-refractivity contribution >= 4 is 0 Å². The van der Waals surface area contributed by atoms with Gasteiger partial charge in [-0.2, -0.15) is 0 Å². The molecule has 1 atom stereocenters. The summed E-state index contributed by atoms with van der Waals surface area (Å²) in [6, 6.07) is 0. The average Bonchev–Trinajstić information content (AvgIpc) is 2.43. The molecule has 0 heterocycles. The van der Waals surface area contributed by atoms with E-state index in [2.05, 4.69) is 53.0 Å². The summed E-state index contributed by atoms with van der Waals surface area (Å²) >= 11 is 0. The quantitative estimate of drug-likeness (QED) is 0.344. The van der Waals surface area contributed by atoms with E-state index in [9.17, 15) is 0 Å². The zero-order valence-electron chi connectivity index (χ0n) is 14.8. The lowest BCUT2D eigenvalue weighted by Gasteiger charge is -1.95. The lowest BCUT2D eigenvalue weighted by Crippen LogP contribution is -1.81. The van der Waals surface area contributed by atoms with Gasteiger partial charge in [0.25, 0.3) is 0 Å². The molecule has 0 nitrogen and oxygen atoms in total. The molecule has 0 aliphatic heterocycles. The highest BCUT2D eigenvalue weighted by Gasteiger charge is 1.86. The van der Waals surface area contributed by atoms with Crippen LogP contribution in [0.5, 0.6) is 0 Å². The molecule has 0 heteroatoms. The summed E-state index contributed by atoms with van der Waals surface area (Å²) in [5.41, 5.74) is 0. The summed E-state index contributed by atoms with van der Waals surface area (Å²) in [4.78, 5) is 0. The molecule has 0 N–H and O–H groups in total. The SMILES string of the molecule is C/C=C\C(C)CC.C=CC.C=CCCCCC.CC. The van der Waals surface area contributed by atoms with Gasteiger partial charge in [-0.05, 0) is 32.6 Å². The third kappa shape index (κ3) is 59.0. The van der Waals surface area contributed by atoms with Crippen LogP contribution >= 0.6 is 0 Å². The Morgan fingerprint density at radius 3 is 1.68 bits per heavy atom. The first-order valence-corrected chi connectivity index (χ1v) is 7.95. The van der Waals surface area contributed by atoms with E-state index in [-0.39, 0.29) is 0 Å². The first-order valence-electron chi connectivity index (χ1n) is 7.95. The molecule has 0 aliphatic carbocycles. The molecule has 0 bridgehead atoms. The van der Waals surface area contributed by atoms with Gasteiger partial charge in [0.2, 0.25) is 0 Å². The summed E-state index contributed by atoms with van der Waals surface area (Å²) in [6.07, 6.45) is 14.5. The Hall–Kier alpha value is -0.780. The summed E-state index contributed by atoms with van der Waals surface area (Å²) < 4.78 is 0. The van der Waals surface area contributed by atoms with Gasteiger partial charge in [-0.25, -0.2) is 0 Å². The molecular weight excluding hydrogens is 228 g/mol. The third-order valence-corrected chi connectivity index (χ3v) is 2.18. The van der Waals surface area contributed by atoms with Gasteiger partial charge < -0.3 is 0 Å². The minimum atomic E-state index is 0.769. The van der Waals surface area contributed by atoms with Crippen LogP contribution in [0, 0.1) is 5.92 Å². The van der Waals surface area contributed by atoms with Crippen molar-refractivity contribution < 1.29 is 0 Å². The molecule has 0 aromatic carbocycles. The van der Waals surface area contributed by atoms with Crippen LogP contribution in [-0.2, 0) is 0 Å². The third-order valence-electron chi connectivity index (χ3n) is 2.18. The summed E-state index contributed by atoms with van der Waals surface area (Å²) in [5, 5.41) is 0. The summed E-state index contributed by atoms with van der Waals surface area (Å²) in [7, 11) is 0. The molecule has 0 spiro atoms. The Morgan fingerprint density at radius 1 is 1.00 bits per heavy atom. The number of hydrogen-bond donors (Lipinski definition) is 0. The number of rotatable bonds is 6. The van der Waals surface area contributed by atoms with Gasteiger partial charge in [-0.1, -0.05) is 78.2 Å². The van der Waals surface area contributed by atoms with Gasteiger partial charge in [-0.3, -0.25) is 0 Å². The van der Waals surface area contributed by atoms with Crippen molar-refractivity contribution in [1.82, 2.24) is 0 Å².